The first kappa shape index (κ1) is 31.8. The van der Waals surface area contributed by atoms with Gasteiger partial charge in [0.1, 0.15) is 24.7 Å². The zero-order valence-corrected chi connectivity index (χ0v) is 25.0. The monoisotopic (exact) mass is 602 g/mol. The Labute approximate surface area is 254 Å². The van der Waals surface area contributed by atoms with Crippen LogP contribution in [-0.4, -0.2) is 64.5 Å². The van der Waals surface area contributed by atoms with Gasteiger partial charge in [-0.15, -0.1) is 0 Å². The maximum atomic E-state index is 12.5. The van der Waals surface area contributed by atoms with Crippen LogP contribution in [-0.2, 0) is 38.1 Å². The predicted octanol–water partition coefficient (Wildman–Crippen LogP) is 5.09. The summed E-state index contributed by atoms with van der Waals surface area (Å²) in [5.41, 5.74) is 1.47. The lowest BCUT2D eigenvalue weighted by atomic mass is 9.98. The molecule has 0 radical (unpaired) electrons. The van der Waals surface area contributed by atoms with Crippen molar-refractivity contribution in [2.45, 2.75) is 25.7 Å². The summed E-state index contributed by atoms with van der Waals surface area (Å²) in [5.74, 6) is -2.49. The molecule has 0 fully saturated rings. The normalized spacial score (nSPS) is 12.2. The van der Waals surface area contributed by atoms with Crippen molar-refractivity contribution in [1.29, 1.82) is 0 Å². The highest BCUT2D eigenvalue weighted by atomic mass is 16.6. The third-order valence-corrected chi connectivity index (χ3v) is 7.12. The number of benzene rings is 4. The predicted molar refractivity (Wildman–Crippen MR) is 162 cm³/mol. The molecule has 0 spiro atoms. The quantitative estimate of drug-likeness (QED) is 0.116. The van der Waals surface area contributed by atoms with Gasteiger partial charge in [0.2, 0.25) is 0 Å². The van der Waals surface area contributed by atoms with Gasteiger partial charge in [0, 0.05) is 0 Å². The lowest BCUT2D eigenvalue weighted by molar-refractivity contribution is -0.164. The van der Waals surface area contributed by atoms with E-state index in [1.54, 1.807) is 28.1 Å². The number of fused-ring (bicyclic) bond motifs is 2. The van der Waals surface area contributed by atoms with E-state index in [9.17, 15) is 19.2 Å². The molecule has 0 aliphatic rings. The number of esters is 4. The van der Waals surface area contributed by atoms with Gasteiger partial charge in [0.25, 0.3) is 0 Å². The van der Waals surface area contributed by atoms with Gasteiger partial charge in [-0.2, -0.15) is 0 Å². The van der Waals surface area contributed by atoms with E-state index in [2.05, 4.69) is 0 Å². The van der Waals surface area contributed by atoms with E-state index in [0.717, 1.165) is 44.2 Å². The summed E-state index contributed by atoms with van der Waals surface area (Å²) in [6.07, 6.45) is 0. The molecule has 44 heavy (non-hydrogen) atoms. The molecule has 0 bridgehead atoms. The zero-order chi connectivity index (χ0) is 31.6. The molecule has 230 valence electrons. The van der Waals surface area contributed by atoms with Crippen LogP contribution in [0.25, 0.3) is 21.5 Å². The van der Waals surface area contributed by atoms with Gasteiger partial charge in [-0.25, -0.2) is 9.59 Å². The molecular weight excluding hydrogens is 568 g/mol. The largest absolute Gasteiger partial charge is 0.497 e. The van der Waals surface area contributed by atoms with Crippen molar-refractivity contribution in [2.24, 2.45) is 0 Å². The standard InChI is InChI=1S/C34H34O10/c1-21(23-5-7-27-17-29(39-3)11-9-25(27)15-23)33(37)43-19-31(35)41-13-14-42-32(36)20-44-34(38)22(2)24-6-8-28-18-30(40-4)12-10-26(28)16-24/h5-12,15-18,21-22H,13-14,19-20H2,1-4H3/t21-,22-/m0/s1. The number of rotatable bonds is 13. The summed E-state index contributed by atoms with van der Waals surface area (Å²) < 4.78 is 30.6. The van der Waals surface area contributed by atoms with Crippen molar-refractivity contribution >= 4 is 45.4 Å². The molecule has 0 aromatic heterocycles. The minimum atomic E-state index is -0.790. The summed E-state index contributed by atoms with van der Waals surface area (Å²) in [4.78, 5) is 49.0. The van der Waals surface area contributed by atoms with Crippen LogP contribution in [0.4, 0.5) is 0 Å². The van der Waals surface area contributed by atoms with Gasteiger partial charge >= 0.3 is 23.9 Å². The summed E-state index contributed by atoms with van der Waals surface area (Å²) in [6, 6.07) is 22.4. The summed E-state index contributed by atoms with van der Waals surface area (Å²) in [5, 5.41) is 3.81. The highest BCUT2D eigenvalue weighted by Gasteiger charge is 2.20. The third-order valence-electron chi connectivity index (χ3n) is 7.12. The number of carbonyl (C=O) groups is 4. The zero-order valence-electron chi connectivity index (χ0n) is 25.0. The average molecular weight is 603 g/mol. The van der Waals surface area contributed by atoms with E-state index in [-0.39, 0.29) is 13.2 Å². The maximum absolute atomic E-state index is 12.5. The van der Waals surface area contributed by atoms with Crippen LogP contribution in [0.15, 0.2) is 72.8 Å². The van der Waals surface area contributed by atoms with Gasteiger partial charge in [-0.05, 0) is 70.8 Å². The molecule has 2 atom stereocenters. The lowest BCUT2D eigenvalue weighted by Crippen LogP contribution is -2.23. The van der Waals surface area contributed by atoms with E-state index < -0.39 is 48.9 Å². The van der Waals surface area contributed by atoms with Crippen LogP contribution < -0.4 is 9.47 Å². The van der Waals surface area contributed by atoms with Crippen molar-refractivity contribution < 1.29 is 47.6 Å². The van der Waals surface area contributed by atoms with E-state index in [1.807, 2.05) is 72.8 Å². The van der Waals surface area contributed by atoms with E-state index >= 15 is 0 Å². The Morgan fingerprint density at radius 1 is 0.523 bits per heavy atom. The first-order valence-electron chi connectivity index (χ1n) is 14.0. The topological polar surface area (TPSA) is 124 Å². The highest BCUT2D eigenvalue weighted by Crippen LogP contribution is 2.27. The van der Waals surface area contributed by atoms with Crippen molar-refractivity contribution in [3.63, 3.8) is 0 Å². The molecule has 0 amide bonds. The van der Waals surface area contributed by atoms with Crippen molar-refractivity contribution in [2.75, 3.05) is 40.6 Å². The number of ether oxygens (including phenoxy) is 6. The molecule has 0 heterocycles. The first-order chi connectivity index (χ1) is 21.2. The van der Waals surface area contributed by atoms with Crippen LogP contribution in [0.3, 0.4) is 0 Å². The van der Waals surface area contributed by atoms with Crippen LogP contribution in [0.5, 0.6) is 11.5 Å². The Morgan fingerprint density at radius 3 is 1.27 bits per heavy atom. The lowest BCUT2D eigenvalue weighted by Gasteiger charge is -2.13. The summed E-state index contributed by atoms with van der Waals surface area (Å²) in [6.45, 7) is 1.70. The molecule has 4 rings (SSSR count). The second-order valence-electron chi connectivity index (χ2n) is 10.0. The van der Waals surface area contributed by atoms with Gasteiger partial charge < -0.3 is 28.4 Å². The number of methoxy groups -OCH3 is 2. The number of hydrogen-bond donors (Lipinski definition) is 0. The van der Waals surface area contributed by atoms with Crippen LogP contribution in [0.1, 0.15) is 36.8 Å². The Morgan fingerprint density at radius 2 is 0.886 bits per heavy atom. The Hall–Kier alpha value is -5.12. The Balaban J connectivity index is 1.13. The fourth-order valence-electron chi connectivity index (χ4n) is 4.45. The van der Waals surface area contributed by atoms with Gasteiger partial charge in [-0.3, -0.25) is 9.59 Å². The Bertz CT molecular complexity index is 1540. The molecule has 4 aromatic rings. The average Bonchev–Trinajstić information content (AvgIpc) is 3.06. The summed E-state index contributed by atoms with van der Waals surface area (Å²) in [7, 11) is 3.19. The molecule has 0 unspecified atom stereocenters. The molecule has 0 N–H and O–H groups in total. The highest BCUT2D eigenvalue weighted by molar-refractivity contribution is 5.88. The third kappa shape index (κ3) is 8.25. The molecule has 0 saturated carbocycles. The first-order valence-corrected chi connectivity index (χ1v) is 14.0. The van der Waals surface area contributed by atoms with Crippen LogP contribution >= 0.6 is 0 Å². The SMILES string of the molecule is COc1ccc2cc([C@H](C)C(=O)OCC(=O)OCCOC(=O)COC(=O)[C@@H](C)c3ccc4cc(OC)ccc4c3)ccc2c1. The molecule has 10 nitrogen and oxygen atoms in total. The molecule has 0 saturated heterocycles. The smallest absolute Gasteiger partial charge is 0.344 e. The van der Waals surface area contributed by atoms with Crippen molar-refractivity contribution in [3.8, 4) is 11.5 Å². The van der Waals surface area contributed by atoms with Crippen LogP contribution in [0.2, 0.25) is 0 Å². The second kappa shape index (κ2) is 14.9. The number of hydrogen-bond acceptors (Lipinski definition) is 10. The Kier molecular flexibility index (Phi) is 10.7. The second-order valence-corrected chi connectivity index (χ2v) is 10.0. The fourth-order valence-corrected chi connectivity index (χ4v) is 4.45. The molecule has 4 aromatic carbocycles. The number of carbonyl (C=O) groups excluding carboxylic acids is 4. The van der Waals surface area contributed by atoms with Crippen molar-refractivity contribution in [1.82, 2.24) is 0 Å². The summed E-state index contributed by atoms with van der Waals surface area (Å²) >= 11 is 0. The van der Waals surface area contributed by atoms with Gasteiger partial charge in [0.05, 0.1) is 26.1 Å². The van der Waals surface area contributed by atoms with E-state index in [4.69, 9.17) is 28.4 Å². The maximum Gasteiger partial charge on any atom is 0.344 e. The molecule has 0 aliphatic heterocycles. The van der Waals surface area contributed by atoms with E-state index in [1.165, 1.54) is 0 Å². The van der Waals surface area contributed by atoms with E-state index in [0.29, 0.717) is 0 Å². The fraction of sp³-hybridized carbons (Fsp3) is 0.294. The molecule has 0 aliphatic carbocycles. The molecule has 10 heteroatoms. The minimum Gasteiger partial charge on any atom is -0.497 e. The van der Waals surface area contributed by atoms with Gasteiger partial charge in [-0.1, -0.05) is 48.5 Å². The minimum absolute atomic E-state index is 0.252. The molecular formula is C34H34O10. The van der Waals surface area contributed by atoms with Crippen LogP contribution in [0, 0.1) is 0 Å². The van der Waals surface area contributed by atoms with Crippen molar-refractivity contribution in [3.05, 3.63) is 83.9 Å². The van der Waals surface area contributed by atoms with Gasteiger partial charge in [0.15, 0.2) is 13.2 Å².